The fraction of sp³-hybridized carbons (Fsp3) is 0.200. The third-order valence-electron chi connectivity index (χ3n) is 2.76. The molecule has 2 heterocycles. The minimum Gasteiger partial charge on any atom is -0.352 e. The summed E-state index contributed by atoms with van der Waals surface area (Å²) in [4.78, 5) is 4.06. The van der Waals surface area contributed by atoms with E-state index in [1.807, 2.05) is 13.8 Å². The van der Waals surface area contributed by atoms with Crippen molar-refractivity contribution in [2.45, 2.75) is 20.0 Å². The summed E-state index contributed by atoms with van der Waals surface area (Å²) in [5, 5.41) is 6.12. The second kappa shape index (κ2) is 6.87. The van der Waals surface area contributed by atoms with Crippen molar-refractivity contribution in [3.05, 3.63) is 47.1 Å². The second-order valence-corrected chi connectivity index (χ2v) is 4.61. The number of halogens is 4. The molecule has 2 aromatic heterocycles. The zero-order chi connectivity index (χ0) is 17.0. The van der Waals surface area contributed by atoms with Crippen molar-refractivity contribution in [2.75, 3.05) is 5.32 Å². The molecule has 4 nitrogen and oxygen atoms in total. The van der Waals surface area contributed by atoms with Gasteiger partial charge in [0.15, 0.2) is 16.9 Å². The Kier molecular flexibility index (Phi) is 5.10. The lowest BCUT2D eigenvalue weighted by molar-refractivity contribution is -0.137. The highest BCUT2D eigenvalue weighted by molar-refractivity contribution is 6.31. The summed E-state index contributed by atoms with van der Waals surface area (Å²) >= 11 is 5.56. The molecule has 3 rings (SSSR count). The van der Waals surface area contributed by atoms with Crippen LogP contribution in [0.25, 0.3) is 11.1 Å². The summed E-state index contributed by atoms with van der Waals surface area (Å²) in [6.45, 7) is 4.00. The Hall–Kier alpha value is -2.28. The first-order valence-corrected chi connectivity index (χ1v) is 7.17. The Balaban J connectivity index is 0.000000924. The number of hydrogen-bond acceptors (Lipinski definition) is 4. The molecule has 0 radical (unpaired) electrons. The standard InChI is InChI=1S/C13H7ClF3N3O.C2H6/c14-9-4-3-7(6-8(9)13(15,16)17)19-12-11-10(21-20-12)2-1-5-18-11;1-2/h1-6H,(H,19,20);1-2H3. The zero-order valence-electron chi connectivity index (χ0n) is 12.3. The third kappa shape index (κ3) is 3.73. The summed E-state index contributed by atoms with van der Waals surface area (Å²) in [6, 6.07) is 6.82. The van der Waals surface area contributed by atoms with Crippen molar-refractivity contribution in [3.63, 3.8) is 0 Å². The minimum absolute atomic E-state index is 0.188. The number of alkyl halides is 3. The van der Waals surface area contributed by atoms with E-state index in [0.717, 1.165) is 6.07 Å². The van der Waals surface area contributed by atoms with E-state index in [1.165, 1.54) is 18.3 Å². The van der Waals surface area contributed by atoms with Crippen LogP contribution in [0, 0.1) is 0 Å². The van der Waals surface area contributed by atoms with Gasteiger partial charge >= 0.3 is 6.18 Å². The molecule has 0 aliphatic carbocycles. The molecule has 1 aromatic carbocycles. The van der Waals surface area contributed by atoms with Crippen molar-refractivity contribution in [1.82, 2.24) is 10.1 Å². The highest BCUT2D eigenvalue weighted by Gasteiger charge is 2.33. The average Bonchev–Trinajstić information content (AvgIpc) is 2.93. The van der Waals surface area contributed by atoms with E-state index in [9.17, 15) is 13.2 Å². The first-order chi connectivity index (χ1) is 10.9. The molecule has 8 heteroatoms. The number of nitrogens with zero attached hydrogens (tertiary/aromatic N) is 2. The maximum absolute atomic E-state index is 12.8. The van der Waals surface area contributed by atoms with Crippen molar-refractivity contribution in [1.29, 1.82) is 0 Å². The Morgan fingerprint density at radius 1 is 1.17 bits per heavy atom. The van der Waals surface area contributed by atoms with E-state index in [4.69, 9.17) is 16.1 Å². The SMILES string of the molecule is CC.FC(F)(F)c1cc(Nc2noc3cccnc23)ccc1Cl. The summed E-state index contributed by atoms with van der Waals surface area (Å²) in [6.07, 6.45) is -2.99. The topological polar surface area (TPSA) is 51.0 Å². The molecule has 0 spiro atoms. The molecular formula is C15H13ClF3N3O. The van der Waals surface area contributed by atoms with E-state index in [0.29, 0.717) is 11.1 Å². The van der Waals surface area contributed by atoms with Crippen LogP contribution < -0.4 is 5.32 Å². The smallest absolute Gasteiger partial charge is 0.352 e. The Morgan fingerprint density at radius 3 is 2.61 bits per heavy atom. The molecule has 122 valence electrons. The highest BCUT2D eigenvalue weighted by atomic mass is 35.5. The fourth-order valence-electron chi connectivity index (χ4n) is 1.82. The number of rotatable bonds is 2. The van der Waals surface area contributed by atoms with E-state index >= 15 is 0 Å². The molecule has 23 heavy (non-hydrogen) atoms. The van der Waals surface area contributed by atoms with Gasteiger partial charge < -0.3 is 9.84 Å². The number of fused-ring (bicyclic) bond motifs is 1. The maximum Gasteiger partial charge on any atom is 0.417 e. The Bertz CT molecular complexity index is 802. The fourth-order valence-corrected chi connectivity index (χ4v) is 2.04. The van der Waals surface area contributed by atoms with Gasteiger partial charge in [-0.1, -0.05) is 30.6 Å². The van der Waals surface area contributed by atoms with Crippen LogP contribution in [0.2, 0.25) is 5.02 Å². The minimum atomic E-state index is -4.53. The van der Waals surface area contributed by atoms with Gasteiger partial charge in [-0.15, -0.1) is 0 Å². The maximum atomic E-state index is 12.8. The molecule has 0 fully saturated rings. The van der Waals surface area contributed by atoms with Gasteiger partial charge in [0.1, 0.15) is 0 Å². The van der Waals surface area contributed by atoms with Gasteiger partial charge in [0.2, 0.25) is 0 Å². The number of nitrogens with one attached hydrogen (secondary N) is 1. The summed E-state index contributed by atoms with van der Waals surface area (Å²) in [5.74, 6) is 0.237. The van der Waals surface area contributed by atoms with E-state index in [2.05, 4.69) is 15.5 Å². The largest absolute Gasteiger partial charge is 0.417 e. The number of hydrogen-bond donors (Lipinski definition) is 1. The lowest BCUT2D eigenvalue weighted by Crippen LogP contribution is -2.06. The van der Waals surface area contributed by atoms with Crippen LogP contribution in [0.1, 0.15) is 19.4 Å². The molecule has 1 N–H and O–H groups in total. The van der Waals surface area contributed by atoms with Crippen molar-refractivity contribution in [3.8, 4) is 0 Å². The molecule has 3 aromatic rings. The summed E-state index contributed by atoms with van der Waals surface area (Å²) < 4.78 is 43.4. The predicted octanol–water partition coefficient (Wildman–Crippen LogP) is 5.66. The van der Waals surface area contributed by atoms with Crippen LogP contribution in [-0.4, -0.2) is 10.1 Å². The summed E-state index contributed by atoms with van der Waals surface area (Å²) in [5.41, 5.74) is 0.133. The van der Waals surface area contributed by atoms with Gasteiger partial charge in [-0.3, -0.25) is 0 Å². The number of pyridine rings is 1. The zero-order valence-corrected chi connectivity index (χ0v) is 13.0. The van der Waals surface area contributed by atoms with E-state index in [1.54, 1.807) is 12.1 Å². The van der Waals surface area contributed by atoms with Crippen molar-refractivity contribution in [2.24, 2.45) is 0 Å². The van der Waals surface area contributed by atoms with Crippen molar-refractivity contribution >= 4 is 34.2 Å². The van der Waals surface area contributed by atoms with Crippen LogP contribution in [0.3, 0.4) is 0 Å². The lowest BCUT2D eigenvalue weighted by Gasteiger charge is -2.11. The normalized spacial score (nSPS) is 11.0. The van der Waals surface area contributed by atoms with Gasteiger partial charge in [-0.05, 0) is 30.3 Å². The molecule has 0 unspecified atom stereocenters. The Morgan fingerprint density at radius 2 is 1.91 bits per heavy atom. The molecule has 0 amide bonds. The first kappa shape index (κ1) is 17.1. The predicted molar refractivity (Wildman–Crippen MR) is 82.9 cm³/mol. The quantitative estimate of drug-likeness (QED) is 0.651. The summed E-state index contributed by atoms with van der Waals surface area (Å²) in [7, 11) is 0. The molecule has 0 aliphatic rings. The molecule has 0 atom stereocenters. The van der Waals surface area contributed by atoms with E-state index < -0.39 is 11.7 Å². The van der Waals surface area contributed by atoms with Crippen LogP contribution in [0.15, 0.2) is 41.1 Å². The van der Waals surface area contributed by atoms with Crippen LogP contribution in [0.5, 0.6) is 0 Å². The molecule has 0 bridgehead atoms. The van der Waals surface area contributed by atoms with Gasteiger partial charge in [0, 0.05) is 11.9 Å². The van der Waals surface area contributed by atoms with Gasteiger partial charge in [-0.2, -0.15) is 13.2 Å². The van der Waals surface area contributed by atoms with Crippen LogP contribution in [0.4, 0.5) is 24.7 Å². The molecule has 0 saturated carbocycles. The Labute approximate surface area is 135 Å². The monoisotopic (exact) mass is 343 g/mol. The van der Waals surface area contributed by atoms with E-state index in [-0.39, 0.29) is 16.5 Å². The lowest BCUT2D eigenvalue weighted by atomic mass is 10.2. The molecular weight excluding hydrogens is 331 g/mol. The van der Waals surface area contributed by atoms with Crippen LogP contribution in [-0.2, 0) is 6.18 Å². The van der Waals surface area contributed by atoms with Gasteiger partial charge in [-0.25, -0.2) is 4.98 Å². The van der Waals surface area contributed by atoms with Gasteiger partial charge in [0.05, 0.1) is 10.6 Å². The average molecular weight is 344 g/mol. The highest BCUT2D eigenvalue weighted by Crippen LogP contribution is 2.37. The molecule has 0 aliphatic heterocycles. The second-order valence-electron chi connectivity index (χ2n) is 4.20. The molecule has 0 saturated heterocycles. The third-order valence-corrected chi connectivity index (χ3v) is 3.09. The van der Waals surface area contributed by atoms with Crippen LogP contribution >= 0.6 is 11.6 Å². The number of anilines is 2. The first-order valence-electron chi connectivity index (χ1n) is 6.79. The number of benzene rings is 1. The van der Waals surface area contributed by atoms with Gasteiger partial charge in [0.25, 0.3) is 0 Å². The number of aromatic nitrogens is 2. The van der Waals surface area contributed by atoms with Crippen molar-refractivity contribution < 1.29 is 17.7 Å².